The van der Waals surface area contributed by atoms with Crippen molar-refractivity contribution in [1.29, 1.82) is 0 Å². The molecule has 0 amide bonds. The summed E-state index contributed by atoms with van der Waals surface area (Å²) in [6, 6.07) is 5.42. The molecule has 3 unspecified atom stereocenters. The molecular formula is C19H19N7O. The fraction of sp³-hybridized carbons (Fsp3) is 0.421. The number of nitrogens with one attached hydrogen (secondary N) is 1. The van der Waals surface area contributed by atoms with Gasteiger partial charge in [0.2, 0.25) is 0 Å². The second kappa shape index (κ2) is 6.28. The van der Waals surface area contributed by atoms with Crippen LogP contribution in [0, 0.1) is 12.5 Å². The summed E-state index contributed by atoms with van der Waals surface area (Å²) >= 11 is 0. The molecule has 5 rings (SSSR count). The highest BCUT2D eigenvalue weighted by molar-refractivity contribution is 5.99. The van der Waals surface area contributed by atoms with Gasteiger partial charge in [0.15, 0.2) is 5.82 Å². The number of aromatic nitrogens is 4. The molecule has 1 saturated heterocycles. The zero-order valence-corrected chi connectivity index (χ0v) is 15.0. The largest absolute Gasteiger partial charge is 0.306 e. The second-order valence-electron chi connectivity index (χ2n) is 7.34. The average Bonchev–Trinajstić information content (AvgIpc) is 3.35. The molecule has 1 aromatic carbocycles. The highest BCUT2D eigenvalue weighted by Gasteiger charge is 2.44. The van der Waals surface area contributed by atoms with E-state index in [1.54, 1.807) is 6.20 Å². The van der Waals surface area contributed by atoms with Gasteiger partial charge in [0.05, 0.1) is 12.1 Å². The van der Waals surface area contributed by atoms with Crippen molar-refractivity contribution in [2.75, 3.05) is 20.1 Å². The summed E-state index contributed by atoms with van der Waals surface area (Å²) in [6.07, 6.45) is 3.95. The lowest BCUT2D eigenvalue weighted by atomic mass is 9.77. The smallest absolute Gasteiger partial charge is 0.272 e. The van der Waals surface area contributed by atoms with E-state index in [1.807, 2.05) is 18.2 Å². The lowest BCUT2D eigenvalue weighted by molar-refractivity contribution is 0.245. The molecular weight excluding hydrogens is 342 g/mol. The Hall–Kier alpha value is -3.05. The Morgan fingerprint density at radius 3 is 3.07 bits per heavy atom. The molecule has 8 heteroatoms. The molecule has 2 aromatic heterocycles. The third-order valence-electron chi connectivity index (χ3n) is 5.68. The number of aliphatic imine (C=N–C) groups is 1. The van der Waals surface area contributed by atoms with Crippen molar-refractivity contribution in [2.45, 2.75) is 24.8 Å². The molecule has 27 heavy (non-hydrogen) atoms. The third kappa shape index (κ3) is 2.54. The SMILES string of the molecule is [C-]#[N+]C1C(C2CCCN(C)C2)=Nc2[nH]ncc2C1c1cccc2nonc12. The fourth-order valence-electron chi connectivity index (χ4n) is 4.44. The highest BCUT2D eigenvalue weighted by Crippen LogP contribution is 2.43. The van der Waals surface area contributed by atoms with Gasteiger partial charge in [-0.15, -0.1) is 0 Å². The van der Waals surface area contributed by atoms with Crippen LogP contribution in [-0.4, -0.2) is 57.3 Å². The minimum Gasteiger partial charge on any atom is -0.306 e. The summed E-state index contributed by atoms with van der Waals surface area (Å²) < 4.78 is 4.95. The number of likely N-dealkylation sites (tertiary alicyclic amines) is 1. The van der Waals surface area contributed by atoms with Crippen molar-refractivity contribution in [3.63, 3.8) is 0 Å². The number of rotatable bonds is 2. The van der Waals surface area contributed by atoms with Crippen molar-refractivity contribution in [1.82, 2.24) is 25.4 Å². The first-order valence-electron chi connectivity index (χ1n) is 9.14. The monoisotopic (exact) mass is 361 g/mol. The summed E-state index contributed by atoms with van der Waals surface area (Å²) in [5.41, 5.74) is 4.22. The van der Waals surface area contributed by atoms with E-state index in [4.69, 9.17) is 16.2 Å². The van der Waals surface area contributed by atoms with Crippen molar-refractivity contribution in [3.8, 4) is 0 Å². The normalized spacial score (nSPS) is 25.8. The van der Waals surface area contributed by atoms with Crippen LogP contribution in [0.15, 0.2) is 34.0 Å². The minimum absolute atomic E-state index is 0.188. The second-order valence-corrected chi connectivity index (χ2v) is 7.34. The molecule has 1 fully saturated rings. The Bertz CT molecular complexity index is 1060. The number of fused-ring (bicyclic) bond motifs is 2. The van der Waals surface area contributed by atoms with Gasteiger partial charge in [-0.25, -0.2) is 16.2 Å². The van der Waals surface area contributed by atoms with E-state index in [-0.39, 0.29) is 17.9 Å². The third-order valence-corrected chi connectivity index (χ3v) is 5.68. The number of benzene rings is 1. The summed E-state index contributed by atoms with van der Waals surface area (Å²) in [6.45, 7) is 10.0. The molecule has 3 aromatic rings. The summed E-state index contributed by atoms with van der Waals surface area (Å²) in [4.78, 5) is 11.2. The Balaban J connectivity index is 1.66. The Labute approximate surface area is 156 Å². The van der Waals surface area contributed by atoms with Gasteiger partial charge in [0.1, 0.15) is 16.7 Å². The summed E-state index contributed by atoms with van der Waals surface area (Å²) in [7, 11) is 2.13. The van der Waals surface area contributed by atoms with E-state index in [0.29, 0.717) is 11.0 Å². The molecule has 0 radical (unpaired) electrons. The molecule has 136 valence electrons. The van der Waals surface area contributed by atoms with Crippen molar-refractivity contribution < 1.29 is 4.63 Å². The highest BCUT2D eigenvalue weighted by atomic mass is 16.6. The molecule has 2 aliphatic rings. The van der Waals surface area contributed by atoms with Crippen LogP contribution < -0.4 is 0 Å². The Morgan fingerprint density at radius 2 is 2.22 bits per heavy atom. The molecule has 0 aliphatic carbocycles. The van der Waals surface area contributed by atoms with Gasteiger partial charge in [-0.2, -0.15) is 5.10 Å². The molecule has 4 heterocycles. The molecule has 0 bridgehead atoms. The van der Waals surface area contributed by atoms with Crippen LogP contribution in [0.4, 0.5) is 5.82 Å². The van der Waals surface area contributed by atoms with Gasteiger partial charge in [0, 0.05) is 18.0 Å². The van der Waals surface area contributed by atoms with E-state index in [9.17, 15) is 0 Å². The van der Waals surface area contributed by atoms with Crippen LogP contribution >= 0.6 is 0 Å². The number of H-pyrrole nitrogens is 1. The fourth-order valence-corrected chi connectivity index (χ4v) is 4.44. The van der Waals surface area contributed by atoms with Gasteiger partial charge in [-0.3, -0.25) is 5.10 Å². The topological polar surface area (TPSA) is 87.6 Å². The standard InChI is InChI=1S/C19H19N7O/c1-20-18-15(12-6-3-7-14-17(12)25-27-24-14)13-9-21-23-19(13)22-16(18)11-5-4-8-26(2)10-11/h3,6-7,9,11,15,18H,4-5,8,10H2,2H3,(H,21,23). The first-order valence-corrected chi connectivity index (χ1v) is 9.14. The predicted octanol–water partition coefficient (Wildman–Crippen LogP) is 2.79. The lowest BCUT2D eigenvalue weighted by Gasteiger charge is -2.33. The van der Waals surface area contributed by atoms with E-state index in [1.165, 1.54) is 0 Å². The van der Waals surface area contributed by atoms with Gasteiger partial charge in [-0.1, -0.05) is 12.1 Å². The van der Waals surface area contributed by atoms with E-state index < -0.39 is 0 Å². The average molecular weight is 361 g/mol. The van der Waals surface area contributed by atoms with Gasteiger partial charge in [0.25, 0.3) is 6.04 Å². The first-order chi connectivity index (χ1) is 13.3. The first kappa shape index (κ1) is 16.1. The number of piperidine rings is 1. The number of hydrogen-bond acceptors (Lipinski definition) is 6. The van der Waals surface area contributed by atoms with Crippen LogP contribution in [0.2, 0.25) is 0 Å². The number of nitrogens with zero attached hydrogens (tertiary/aromatic N) is 6. The molecule has 0 saturated carbocycles. The number of aromatic amines is 1. The van der Waals surface area contributed by atoms with Gasteiger partial charge >= 0.3 is 0 Å². The van der Waals surface area contributed by atoms with Crippen molar-refractivity contribution in [3.05, 3.63) is 46.9 Å². The van der Waals surface area contributed by atoms with E-state index >= 15 is 0 Å². The molecule has 0 spiro atoms. The van der Waals surface area contributed by atoms with Crippen LogP contribution in [0.25, 0.3) is 15.9 Å². The maximum Gasteiger partial charge on any atom is 0.272 e. The van der Waals surface area contributed by atoms with Crippen molar-refractivity contribution in [2.24, 2.45) is 10.9 Å². The molecule has 3 atom stereocenters. The maximum absolute atomic E-state index is 7.98. The van der Waals surface area contributed by atoms with Gasteiger partial charge in [-0.05, 0) is 48.4 Å². The summed E-state index contributed by atoms with van der Waals surface area (Å²) in [5.74, 6) is 0.833. The number of hydrogen-bond donors (Lipinski definition) is 1. The molecule has 2 aliphatic heterocycles. The van der Waals surface area contributed by atoms with Crippen LogP contribution in [-0.2, 0) is 0 Å². The Morgan fingerprint density at radius 1 is 1.30 bits per heavy atom. The van der Waals surface area contributed by atoms with Crippen LogP contribution in [0.1, 0.15) is 29.9 Å². The quantitative estimate of drug-likeness (QED) is 0.709. The van der Waals surface area contributed by atoms with Crippen LogP contribution in [0.5, 0.6) is 0 Å². The minimum atomic E-state index is -0.381. The van der Waals surface area contributed by atoms with E-state index in [0.717, 1.165) is 48.6 Å². The summed E-state index contributed by atoms with van der Waals surface area (Å²) in [5, 5.41) is 15.3. The van der Waals surface area contributed by atoms with E-state index in [2.05, 4.69) is 37.3 Å². The zero-order chi connectivity index (χ0) is 18.4. The maximum atomic E-state index is 7.98. The Kier molecular flexibility index (Phi) is 3.76. The molecule has 1 N–H and O–H groups in total. The molecule has 8 nitrogen and oxygen atoms in total. The predicted molar refractivity (Wildman–Crippen MR) is 99.9 cm³/mol. The zero-order valence-electron chi connectivity index (χ0n) is 15.0. The van der Waals surface area contributed by atoms with Crippen molar-refractivity contribution >= 4 is 22.6 Å². The van der Waals surface area contributed by atoms with Crippen LogP contribution in [0.3, 0.4) is 0 Å². The lowest BCUT2D eigenvalue weighted by Crippen LogP contribution is -2.42. The van der Waals surface area contributed by atoms with Gasteiger partial charge < -0.3 is 9.74 Å².